The summed E-state index contributed by atoms with van der Waals surface area (Å²) in [5.41, 5.74) is 2.51. The van der Waals surface area contributed by atoms with Crippen LogP contribution < -0.4 is 5.32 Å². The molecular weight excluding hydrogens is 261 g/mol. The highest BCUT2D eigenvalue weighted by Gasteiger charge is 2.19. The molecule has 1 fully saturated rings. The Morgan fingerprint density at radius 2 is 1.95 bits per heavy atom. The van der Waals surface area contributed by atoms with Crippen molar-refractivity contribution in [1.29, 1.82) is 0 Å². The predicted octanol–water partition coefficient (Wildman–Crippen LogP) is 5.18. The van der Waals surface area contributed by atoms with E-state index in [-0.39, 0.29) is 11.4 Å². The van der Waals surface area contributed by atoms with Crippen LogP contribution in [0.5, 0.6) is 0 Å². The van der Waals surface area contributed by atoms with Gasteiger partial charge in [0, 0.05) is 12.1 Å². The second kappa shape index (κ2) is 7.22. The van der Waals surface area contributed by atoms with Crippen LogP contribution in [0.25, 0.3) is 6.08 Å². The molecular formula is C19H28FN. The van der Waals surface area contributed by atoms with Gasteiger partial charge in [0.25, 0.3) is 0 Å². The van der Waals surface area contributed by atoms with Crippen LogP contribution in [0.3, 0.4) is 0 Å². The van der Waals surface area contributed by atoms with E-state index < -0.39 is 0 Å². The second-order valence-electron chi connectivity index (χ2n) is 7.21. The number of hydrogen-bond donors (Lipinski definition) is 1. The van der Waals surface area contributed by atoms with Crippen LogP contribution in [-0.4, -0.2) is 12.1 Å². The zero-order valence-corrected chi connectivity index (χ0v) is 13.6. The molecule has 0 bridgehead atoms. The summed E-state index contributed by atoms with van der Waals surface area (Å²) >= 11 is 0. The normalized spacial score (nSPS) is 18.0. The summed E-state index contributed by atoms with van der Waals surface area (Å²) in [5, 5.41) is 3.59. The van der Waals surface area contributed by atoms with Crippen molar-refractivity contribution in [2.75, 3.05) is 6.54 Å². The van der Waals surface area contributed by atoms with Gasteiger partial charge in [0.05, 0.1) is 0 Å². The highest BCUT2D eigenvalue weighted by molar-refractivity contribution is 5.54. The lowest BCUT2D eigenvalue weighted by Crippen LogP contribution is -2.38. The predicted molar refractivity (Wildman–Crippen MR) is 88.7 cm³/mol. The Morgan fingerprint density at radius 3 is 2.57 bits per heavy atom. The van der Waals surface area contributed by atoms with Gasteiger partial charge in [-0.1, -0.05) is 43.0 Å². The lowest BCUT2D eigenvalue weighted by molar-refractivity contribution is 0.378. The molecule has 1 aliphatic carbocycles. The van der Waals surface area contributed by atoms with E-state index in [0.717, 1.165) is 12.1 Å². The molecule has 0 atom stereocenters. The van der Waals surface area contributed by atoms with Gasteiger partial charge in [-0.15, -0.1) is 0 Å². The minimum atomic E-state index is -0.157. The third-order valence-electron chi connectivity index (χ3n) is 4.15. The Bertz CT molecular complexity index is 479. The molecule has 1 nitrogen and oxygen atoms in total. The lowest BCUT2D eigenvalue weighted by atomic mass is 9.82. The van der Waals surface area contributed by atoms with Gasteiger partial charge < -0.3 is 5.32 Å². The van der Waals surface area contributed by atoms with Crippen LogP contribution in [0.15, 0.2) is 29.8 Å². The molecule has 0 spiro atoms. The SMILES string of the molecule is CC(C)(C)NC/C(=C/c1cccc(F)c1)C1CCCCC1. The molecule has 2 heteroatoms. The third kappa shape index (κ3) is 5.62. The summed E-state index contributed by atoms with van der Waals surface area (Å²) in [4.78, 5) is 0. The average molecular weight is 289 g/mol. The number of nitrogens with one attached hydrogen (secondary N) is 1. The smallest absolute Gasteiger partial charge is 0.123 e. The van der Waals surface area contributed by atoms with Gasteiger partial charge in [0.15, 0.2) is 0 Å². The van der Waals surface area contributed by atoms with Crippen molar-refractivity contribution in [1.82, 2.24) is 5.32 Å². The molecule has 1 aromatic carbocycles. The van der Waals surface area contributed by atoms with Crippen LogP contribution in [0.2, 0.25) is 0 Å². The molecule has 0 heterocycles. The standard InChI is InChI=1S/C19H28FN/c1-19(2,3)21-14-17(16-9-5-4-6-10-16)12-15-8-7-11-18(20)13-15/h7-8,11-13,16,21H,4-6,9-10,14H2,1-3H3/b17-12-. The number of benzene rings is 1. The molecule has 0 aliphatic heterocycles. The van der Waals surface area contributed by atoms with Crippen molar-refractivity contribution in [3.05, 3.63) is 41.2 Å². The molecule has 1 aromatic rings. The zero-order valence-electron chi connectivity index (χ0n) is 13.6. The number of hydrogen-bond acceptors (Lipinski definition) is 1. The van der Waals surface area contributed by atoms with Crippen LogP contribution in [0.1, 0.15) is 58.4 Å². The van der Waals surface area contributed by atoms with Gasteiger partial charge in [-0.3, -0.25) is 0 Å². The summed E-state index contributed by atoms with van der Waals surface area (Å²) in [6.07, 6.45) is 8.73. The van der Waals surface area contributed by atoms with E-state index in [1.807, 2.05) is 6.07 Å². The molecule has 1 aliphatic rings. The van der Waals surface area contributed by atoms with Crippen LogP contribution in [0.4, 0.5) is 4.39 Å². The molecule has 1 saturated carbocycles. The quantitative estimate of drug-likeness (QED) is 0.805. The van der Waals surface area contributed by atoms with Crippen molar-refractivity contribution in [3.8, 4) is 0 Å². The minimum Gasteiger partial charge on any atom is -0.308 e. The number of rotatable bonds is 4. The molecule has 21 heavy (non-hydrogen) atoms. The number of halogens is 1. The topological polar surface area (TPSA) is 12.0 Å². The first-order valence-electron chi connectivity index (χ1n) is 8.15. The molecule has 1 N–H and O–H groups in total. The zero-order chi connectivity index (χ0) is 15.3. The molecule has 0 aromatic heterocycles. The van der Waals surface area contributed by atoms with Crippen LogP contribution >= 0.6 is 0 Å². The van der Waals surface area contributed by atoms with Crippen molar-refractivity contribution >= 4 is 6.08 Å². The average Bonchev–Trinajstić information content (AvgIpc) is 2.43. The maximum atomic E-state index is 13.4. The van der Waals surface area contributed by atoms with E-state index in [1.54, 1.807) is 12.1 Å². The highest BCUT2D eigenvalue weighted by Crippen LogP contribution is 2.31. The molecule has 0 radical (unpaired) electrons. The van der Waals surface area contributed by atoms with E-state index in [1.165, 1.54) is 43.7 Å². The fourth-order valence-corrected chi connectivity index (χ4v) is 2.96. The second-order valence-corrected chi connectivity index (χ2v) is 7.21. The first-order chi connectivity index (χ1) is 9.94. The van der Waals surface area contributed by atoms with E-state index in [4.69, 9.17) is 0 Å². The van der Waals surface area contributed by atoms with Crippen molar-refractivity contribution in [2.45, 2.75) is 58.4 Å². The van der Waals surface area contributed by atoms with Crippen molar-refractivity contribution in [3.63, 3.8) is 0 Å². The van der Waals surface area contributed by atoms with Gasteiger partial charge in [-0.2, -0.15) is 0 Å². The van der Waals surface area contributed by atoms with E-state index in [2.05, 4.69) is 32.2 Å². The summed E-state index contributed by atoms with van der Waals surface area (Å²) in [5.74, 6) is 0.493. The maximum Gasteiger partial charge on any atom is 0.123 e. The lowest BCUT2D eigenvalue weighted by Gasteiger charge is -2.28. The minimum absolute atomic E-state index is 0.107. The van der Waals surface area contributed by atoms with Crippen LogP contribution in [0, 0.1) is 11.7 Å². The van der Waals surface area contributed by atoms with Crippen LogP contribution in [-0.2, 0) is 0 Å². The van der Waals surface area contributed by atoms with E-state index in [9.17, 15) is 4.39 Å². The Morgan fingerprint density at radius 1 is 1.24 bits per heavy atom. The summed E-state index contributed by atoms with van der Waals surface area (Å²) in [6, 6.07) is 6.91. The Hall–Kier alpha value is -1.15. The highest BCUT2D eigenvalue weighted by atomic mass is 19.1. The Balaban J connectivity index is 2.17. The Labute approximate surface area is 128 Å². The molecule has 0 amide bonds. The molecule has 0 saturated heterocycles. The van der Waals surface area contributed by atoms with Gasteiger partial charge in [-0.25, -0.2) is 4.39 Å². The maximum absolute atomic E-state index is 13.4. The fourth-order valence-electron chi connectivity index (χ4n) is 2.96. The monoisotopic (exact) mass is 289 g/mol. The summed E-state index contributed by atoms with van der Waals surface area (Å²) in [7, 11) is 0. The third-order valence-corrected chi connectivity index (χ3v) is 4.15. The summed E-state index contributed by atoms with van der Waals surface area (Å²) < 4.78 is 13.4. The van der Waals surface area contributed by atoms with Gasteiger partial charge in [0.1, 0.15) is 5.82 Å². The first-order valence-corrected chi connectivity index (χ1v) is 8.15. The van der Waals surface area contributed by atoms with Crippen molar-refractivity contribution < 1.29 is 4.39 Å². The molecule has 116 valence electrons. The van der Waals surface area contributed by atoms with E-state index >= 15 is 0 Å². The Kier molecular flexibility index (Phi) is 5.58. The molecule has 0 unspecified atom stereocenters. The van der Waals surface area contributed by atoms with Crippen molar-refractivity contribution in [2.24, 2.45) is 5.92 Å². The largest absolute Gasteiger partial charge is 0.308 e. The van der Waals surface area contributed by atoms with Gasteiger partial charge >= 0.3 is 0 Å². The van der Waals surface area contributed by atoms with Gasteiger partial charge in [-0.05, 0) is 57.2 Å². The van der Waals surface area contributed by atoms with E-state index in [0.29, 0.717) is 5.92 Å². The molecule has 2 rings (SSSR count). The van der Waals surface area contributed by atoms with Gasteiger partial charge in [0.2, 0.25) is 0 Å². The first kappa shape index (κ1) is 16.2. The summed E-state index contributed by atoms with van der Waals surface area (Å²) in [6.45, 7) is 7.46. The fraction of sp³-hybridized carbons (Fsp3) is 0.579.